The quantitative estimate of drug-likeness (QED) is 0.658. The van der Waals surface area contributed by atoms with E-state index in [-0.39, 0.29) is 29.2 Å². The van der Waals surface area contributed by atoms with Gasteiger partial charge in [0.05, 0.1) is 7.11 Å². The molecule has 0 aromatic heterocycles. The fourth-order valence-corrected chi connectivity index (χ4v) is 3.58. The van der Waals surface area contributed by atoms with Crippen LogP contribution >= 0.6 is 0 Å². The van der Waals surface area contributed by atoms with Crippen LogP contribution in [0.2, 0.25) is 0 Å². The van der Waals surface area contributed by atoms with Crippen molar-refractivity contribution in [3.05, 3.63) is 17.7 Å². The van der Waals surface area contributed by atoms with Gasteiger partial charge in [0.15, 0.2) is 0 Å². The molecule has 0 spiro atoms. The van der Waals surface area contributed by atoms with Crippen molar-refractivity contribution in [2.75, 3.05) is 19.5 Å². The van der Waals surface area contributed by atoms with Gasteiger partial charge < -0.3 is 15.6 Å². The second-order valence-electron chi connectivity index (χ2n) is 5.34. The van der Waals surface area contributed by atoms with Crippen molar-refractivity contribution in [1.82, 2.24) is 4.72 Å². The highest BCUT2D eigenvalue weighted by Gasteiger charge is 2.25. The van der Waals surface area contributed by atoms with Crippen molar-refractivity contribution in [3.8, 4) is 5.75 Å². The van der Waals surface area contributed by atoms with E-state index in [4.69, 9.17) is 15.6 Å². The Bertz CT molecular complexity index is 585. The minimum absolute atomic E-state index is 0.0108. The molecule has 0 aliphatic heterocycles. The molecule has 0 bridgehead atoms. The van der Waals surface area contributed by atoms with Crippen LogP contribution in [-0.4, -0.2) is 33.3 Å². The summed E-state index contributed by atoms with van der Waals surface area (Å²) in [5.74, 6) is 0.307. The van der Waals surface area contributed by atoms with Gasteiger partial charge in [-0.3, -0.25) is 0 Å². The number of methoxy groups -OCH3 is 1. The molecule has 6 nitrogen and oxygen atoms in total. The Balaban J connectivity index is 3.21. The summed E-state index contributed by atoms with van der Waals surface area (Å²) < 4.78 is 32.8. The normalized spacial score (nSPS) is 13.4. The molecule has 1 aromatic rings. The van der Waals surface area contributed by atoms with E-state index >= 15 is 0 Å². The van der Waals surface area contributed by atoms with Gasteiger partial charge in [0, 0.05) is 18.3 Å². The molecule has 7 heteroatoms. The maximum absolute atomic E-state index is 12.5. The molecule has 0 amide bonds. The average Bonchev–Trinajstić information content (AvgIpc) is 2.40. The minimum Gasteiger partial charge on any atom is -0.495 e. The Morgan fingerprint density at radius 3 is 2.48 bits per heavy atom. The van der Waals surface area contributed by atoms with Crippen LogP contribution in [0.3, 0.4) is 0 Å². The number of hydrogen-bond donors (Lipinski definition) is 3. The molecule has 0 saturated carbocycles. The summed E-state index contributed by atoms with van der Waals surface area (Å²) in [6, 6.07) is 2.64. The molecule has 1 atom stereocenters. The zero-order valence-corrected chi connectivity index (χ0v) is 13.7. The number of aryl methyl sites for hydroxylation is 1. The number of aliphatic hydroxyl groups excluding tert-OH is 1. The van der Waals surface area contributed by atoms with Crippen LogP contribution in [-0.2, 0) is 10.0 Å². The van der Waals surface area contributed by atoms with E-state index in [1.807, 2.05) is 13.8 Å². The monoisotopic (exact) mass is 316 g/mol. The first-order valence-electron chi connectivity index (χ1n) is 6.80. The molecule has 1 aromatic carbocycles. The van der Waals surface area contributed by atoms with E-state index in [1.54, 1.807) is 13.0 Å². The number of anilines is 1. The van der Waals surface area contributed by atoms with E-state index in [9.17, 15) is 8.42 Å². The summed E-state index contributed by atoms with van der Waals surface area (Å²) in [5, 5.41) is 9.05. The van der Waals surface area contributed by atoms with E-state index < -0.39 is 10.0 Å². The number of nitrogen functional groups attached to an aromatic ring is 1. The van der Waals surface area contributed by atoms with Crippen LogP contribution < -0.4 is 15.2 Å². The lowest BCUT2D eigenvalue weighted by molar-refractivity contribution is 0.255. The largest absolute Gasteiger partial charge is 0.495 e. The Morgan fingerprint density at radius 2 is 2.00 bits per heavy atom. The molecule has 0 aliphatic carbocycles. The van der Waals surface area contributed by atoms with Crippen molar-refractivity contribution >= 4 is 15.7 Å². The summed E-state index contributed by atoms with van der Waals surface area (Å²) in [6.45, 7) is 5.48. The Morgan fingerprint density at radius 1 is 1.38 bits per heavy atom. The zero-order chi connectivity index (χ0) is 16.2. The SMILES string of the molecule is COc1cc(C)c(N)cc1S(=O)(=O)NC(CCO)C(C)C. The summed E-state index contributed by atoms with van der Waals surface area (Å²) in [4.78, 5) is 0.0108. The number of nitrogens with one attached hydrogen (secondary N) is 1. The van der Waals surface area contributed by atoms with E-state index in [0.29, 0.717) is 12.1 Å². The van der Waals surface area contributed by atoms with Crippen LogP contribution in [0.5, 0.6) is 5.75 Å². The van der Waals surface area contributed by atoms with Gasteiger partial charge in [-0.15, -0.1) is 0 Å². The van der Waals surface area contributed by atoms with Gasteiger partial charge in [-0.2, -0.15) is 0 Å². The predicted molar refractivity (Wildman–Crippen MR) is 82.8 cm³/mol. The van der Waals surface area contributed by atoms with Crippen LogP contribution in [0, 0.1) is 12.8 Å². The van der Waals surface area contributed by atoms with Crippen LogP contribution in [0.15, 0.2) is 17.0 Å². The Hall–Kier alpha value is -1.31. The second-order valence-corrected chi connectivity index (χ2v) is 7.03. The van der Waals surface area contributed by atoms with Crippen molar-refractivity contribution in [3.63, 3.8) is 0 Å². The van der Waals surface area contributed by atoms with Crippen molar-refractivity contribution in [1.29, 1.82) is 0 Å². The summed E-state index contributed by atoms with van der Waals surface area (Å²) >= 11 is 0. The molecule has 0 heterocycles. The smallest absolute Gasteiger partial charge is 0.244 e. The number of nitrogens with two attached hydrogens (primary N) is 1. The third-order valence-electron chi connectivity index (χ3n) is 3.39. The van der Waals surface area contributed by atoms with Gasteiger partial charge in [0.25, 0.3) is 0 Å². The molecule has 1 unspecified atom stereocenters. The number of hydrogen-bond acceptors (Lipinski definition) is 5. The summed E-state index contributed by atoms with van der Waals surface area (Å²) in [7, 11) is -2.36. The number of ether oxygens (including phenoxy) is 1. The van der Waals surface area contributed by atoms with E-state index in [2.05, 4.69) is 4.72 Å². The fourth-order valence-electron chi connectivity index (χ4n) is 1.98. The highest BCUT2D eigenvalue weighted by atomic mass is 32.2. The van der Waals surface area contributed by atoms with Gasteiger partial charge >= 0.3 is 0 Å². The van der Waals surface area contributed by atoms with E-state index in [1.165, 1.54) is 13.2 Å². The molecule has 0 radical (unpaired) electrons. The number of aliphatic hydroxyl groups is 1. The lowest BCUT2D eigenvalue weighted by atomic mass is 10.0. The molecule has 0 saturated heterocycles. The number of rotatable bonds is 7. The lowest BCUT2D eigenvalue weighted by Crippen LogP contribution is -2.39. The predicted octanol–water partition coefficient (Wildman–Crippen LogP) is 1.27. The molecule has 1 rings (SSSR count). The topological polar surface area (TPSA) is 102 Å². The number of sulfonamides is 1. The zero-order valence-electron chi connectivity index (χ0n) is 12.9. The summed E-state index contributed by atoms with van der Waals surface area (Å²) in [6.07, 6.45) is 0.348. The molecule has 120 valence electrons. The van der Waals surface area contributed by atoms with Crippen molar-refractivity contribution in [2.45, 2.75) is 38.1 Å². The van der Waals surface area contributed by atoms with Gasteiger partial charge in [-0.1, -0.05) is 13.8 Å². The molecule has 4 N–H and O–H groups in total. The number of benzene rings is 1. The molecule has 0 aliphatic rings. The van der Waals surface area contributed by atoms with Crippen molar-refractivity contribution in [2.24, 2.45) is 5.92 Å². The fraction of sp³-hybridized carbons (Fsp3) is 0.571. The first-order valence-corrected chi connectivity index (χ1v) is 8.28. The minimum atomic E-state index is -3.77. The van der Waals surface area contributed by atoms with Gasteiger partial charge in [0.2, 0.25) is 10.0 Å². The standard InChI is InChI=1S/C14H24N2O4S/c1-9(2)12(5-6-17)16-21(18,19)14-8-11(15)10(3)7-13(14)20-4/h7-9,12,16-17H,5-6,15H2,1-4H3. The first kappa shape index (κ1) is 17.7. The van der Waals surface area contributed by atoms with Gasteiger partial charge in [-0.05, 0) is 37.0 Å². The Kier molecular flexibility index (Phi) is 6.00. The average molecular weight is 316 g/mol. The molecule has 0 fully saturated rings. The molecule has 21 heavy (non-hydrogen) atoms. The van der Waals surface area contributed by atoms with Crippen molar-refractivity contribution < 1.29 is 18.3 Å². The van der Waals surface area contributed by atoms with Crippen LogP contribution in [0.4, 0.5) is 5.69 Å². The van der Waals surface area contributed by atoms with Crippen LogP contribution in [0.1, 0.15) is 25.8 Å². The second kappa shape index (κ2) is 7.11. The molecular weight excluding hydrogens is 292 g/mol. The van der Waals surface area contributed by atoms with Gasteiger partial charge in [-0.25, -0.2) is 13.1 Å². The van der Waals surface area contributed by atoms with E-state index in [0.717, 1.165) is 5.56 Å². The summed E-state index contributed by atoms with van der Waals surface area (Å²) in [5.41, 5.74) is 6.94. The third-order valence-corrected chi connectivity index (χ3v) is 4.90. The highest BCUT2D eigenvalue weighted by Crippen LogP contribution is 2.29. The molecular formula is C14H24N2O4S. The van der Waals surface area contributed by atoms with Gasteiger partial charge in [0.1, 0.15) is 10.6 Å². The van der Waals surface area contributed by atoms with Crippen LogP contribution in [0.25, 0.3) is 0 Å². The maximum atomic E-state index is 12.5. The maximum Gasteiger partial charge on any atom is 0.244 e. The lowest BCUT2D eigenvalue weighted by Gasteiger charge is -2.22. The third kappa shape index (κ3) is 4.33. The Labute approximate surface area is 126 Å². The first-order chi connectivity index (χ1) is 9.72. The highest BCUT2D eigenvalue weighted by molar-refractivity contribution is 7.89.